The van der Waals surface area contributed by atoms with Crippen molar-refractivity contribution < 1.29 is 32.3 Å². The molecular weight excluding hydrogens is 214 g/mol. The van der Waals surface area contributed by atoms with Gasteiger partial charge in [0.05, 0.1) is 7.11 Å². The van der Waals surface area contributed by atoms with E-state index in [4.69, 9.17) is 0 Å². The quantitative estimate of drug-likeness (QED) is 0.265. The summed E-state index contributed by atoms with van der Waals surface area (Å²) in [5.74, 6) is -0.396. The molecular formula is C6H13NO6S. The van der Waals surface area contributed by atoms with E-state index in [9.17, 15) is 17.8 Å². The third-order valence-corrected chi connectivity index (χ3v) is 1.15. The van der Waals surface area contributed by atoms with Crippen molar-refractivity contribution >= 4 is 16.4 Å². The van der Waals surface area contributed by atoms with Crippen LogP contribution in [0.25, 0.3) is 0 Å². The molecule has 2 N–H and O–H groups in total. The van der Waals surface area contributed by atoms with Crippen LogP contribution in [0.1, 0.15) is 6.92 Å². The second-order valence-corrected chi connectivity index (χ2v) is 2.94. The molecule has 0 rings (SSSR count). The first-order valence-electron chi connectivity index (χ1n) is 3.53. The first-order valence-corrected chi connectivity index (χ1v) is 4.86. The fourth-order valence-corrected chi connectivity index (χ4v) is 0.214. The van der Waals surface area contributed by atoms with Crippen molar-refractivity contribution in [2.45, 2.75) is 6.92 Å². The average Bonchev–Trinajstić information content (AvgIpc) is 2.14. The summed E-state index contributed by atoms with van der Waals surface area (Å²) in [7, 11) is -3.60. The van der Waals surface area contributed by atoms with Gasteiger partial charge in [0.1, 0.15) is 6.54 Å². The van der Waals surface area contributed by atoms with Crippen LogP contribution in [0.2, 0.25) is 0 Å². The largest absolute Gasteiger partial charge is 0.726 e. The van der Waals surface area contributed by atoms with Crippen LogP contribution in [-0.2, 0) is 24.2 Å². The molecule has 0 bridgehead atoms. The van der Waals surface area contributed by atoms with Gasteiger partial charge in [0.25, 0.3) is 0 Å². The molecule has 0 aliphatic heterocycles. The number of quaternary nitrogens is 1. The van der Waals surface area contributed by atoms with Crippen LogP contribution in [-0.4, -0.2) is 32.6 Å². The van der Waals surface area contributed by atoms with Crippen LogP contribution in [0.5, 0.6) is 0 Å². The zero-order valence-corrected chi connectivity index (χ0v) is 8.74. The van der Waals surface area contributed by atoms with Crippen molar-refractivity contribution in [3.63, 3.8) is 0 Å². The minimum absolute atomic E-state index is 0.396. The van der Waals surface area contributed by atoms with Gasteiger partial charge in [0.15, 0.2) is 0 Å². The highest BCUT2D eigenvalue weighted by atomic mass is 32.3. The first kappa shape index (κ1) is 15.5. The van der Waals surface area contributed by atoms with Crippen molar-refractivity contribution in [2.24, 2.45) is 0 Å². The van der Waals surface area contributed by atoms with Gasteiger partial charge in [-0.25, -0.2) is 13.2 Å². The lowest BCUT2D eigenvalue weighted by Crippen LogP contribution is -2.83. The molecule has 0 radical (unpaired) electrons. The molecule has 0 aliphatic rings. The smallest absolute Gasteiger partial charge is 0.389 e. The van der Waals surface area contributed by atoms with Gasteiger partial charge in [-0.1, -0.05) is 6.58 Å². The topological polar surface area (TPSA) is 109 Å². The summed E-state index contributed by atoms with van der Waals surface area (Å²) in [4.78, 5) is 14.7. The Morgan fingerprint density at radius 3 is 2.29 bits per heavy atom. The number of hydrogen-bond donors (Lipinski definition) is 1. The molecule has 0 aliphatic carbocycles. The van der Waals surface area contributed by atoms with Gasteiger partial charge < -0.3 is 4.55 Å². The minimum atomic E-state index is -4.41. The van der Waals surface area contributed by atoms with Crippen LogP contribution in [0.15, 0.2) is 12.7 Å². The molecule has 0 aromatic heterocycles. The van der Waals surface area contributed by atoms with Gasteiger partial charge in [0, 0.05) is 6.08 Å². The summed E-state index contributed by atoms with van der Waals surface area (Å²) in [6.07, 6.45) is 1.13. The number of carbonyl (C=O) groups is 1. The lowest BCUT2D eigenvalue weighted by Gasteiger charge is -1.98. The Balaban J connectivity index is 0. The van der Waals surface area contributed by atoms with Gasteiger partial charge in [-0.2, -0.15) is 5.48 Å². The fraction of sp³-hybridized carbons (Fsp3) is 0.500. The highest BCUT2D eigenvalue weighted by Gasteiger charge is 1.93. The Morgan fingerprint density at radius 1 is 1.64 bits per heavy atom. The van der Waals surface area contributed by atoms with Gasteiger partial charge in [-0.05, 0) is 6.92 Å². The summed E-state index contributed by atoms with van der Waals surface area (Å²) in [5, 5.41) is 0. The molecule has 0 saturated carbocycles. The number of rotatable bonds is 4. The van der Waals surface area contributed by atoms with E-state index in [1.165, 1.54) is 5.48 Å². The average molecular weight is 227 g/mol. The summed E-state index contributed by atoms with van der Waals surface area (Å²) in [6.45, 7) is 5.84. The molecule has 0 spiro atoms. The second-order valence-electron chi connectivity index (χ2n) is 1.79. The SMILES string of the molecule is C=CC(=O)O[NH2+]CC.COS(=O)(=O)[O-]. The molecule has 0 unspecified atom stereocenters. The molecule has 14 heavy (non-hydrogen) atoms. The van der Waals surface area contributed by atoms with Crippen LogP contribution < -0.4 is 5.48 Å². The monoisotopic (exact) mass is 227 g/mol. The predicted octanol–water partition coefficient (Wildman–Crippen LogP) is -1.69. The molecule has 8 heteroatoms. The fourth-order valence-electron chi connectivity index (χ4n) is 0.214. The Labute approximate surface area is 82.6 Å². The van der Waals surface area contributed by atoms with E-state index >= 15 is 0 Å². The third-order valence-electron chi connectivity index (χ3n) is 0.737. The Morgan fingerprint density at radius 2 is 2.07 bits per heavy atom. The Kier molecular flexibility index (Phi) is 9.56. The predicted molar refractivity (Wildman–Crippen MR) is 45.5 cm³/mol. The highest BCUT2D eigenvalue weighted by molar-refractivity contribution is 7.80. The maximum atomic E-state index is 10.2. The normalized spacial score (nSPS) is 9.64. The minimum Gasteiger partial charge on any atom is -0.726 e. The standard InChI is InChI=1S/C5H9NO2.CH4O4S/c1-3-5(7)8-6-4-2;1-5-6(2,3)4/h3,6H,1,4H2,2H3;1H3,(H,2,3,4). The number of hydrogen-bond acceptors (Lipinski definition) is 6. The van der Waals surface area contributed by atoms with Crippen molar-refractivity contribution in [3.8, 4) is 0 Å². The molecule has 7 nitrogen and oxygen atoms in total. The Hall–Kier alpha value is -0.960. The molecule has 0 amide bonds. The third kappa shape index (κ3) is 17.2. The molecule has 0 aromatic rings. The van der Waals surface area contributed by atoms with E-state index in [0.717, 1.165) is 19.7 Å². The van der Waals surface area contributed by atoms with E-state index in [1.54, 1.807) is 0 Å². The van der Waals surface area contributed by atoms with E-state index in [0.29, 0.717) is 0 Å². The second kappa shape index (κ2) is 8.63. The van der Waals surface area contributed by atoms with E-state index < -0.39 is 16.4 Å². The zero-order chi connectivity index (χ0) is 11.6. The van der Waals surface area contributed by atoms with Crippen molar-refractivity contribution in [3.05, 3.63) is 12.7 Å². The number of hydroxylamine groups is 1. The molecule has 0 atom stereocenters. The van der Waals surface area contributed by atoms with Gasteiger partial charge in [-0.15, -0.1) is 0 Å². The van der Waals surface area contributed by atoms with Crippen molar-refractivity contribution in [2.75, 3.05) is 13.7 Å². The van der Waals surface area contributed by atoms with E-state index in [-0.39, 0.29) is 0 Å². The first-order chi connectivity index (χ1) is 6.37. The van der Waals surface area contributed by atoms with Crippen molar-refractivity contribution in [1.82, 2.24) is 0 Å². The molecule has 0 fully saturated rings. The summed E-state index contributed by atoms with van der Waals surface area (Å²) in [5.41, 5.74) is 1.43. The lowest BCUT2D eigenvalue weighted by molar-refractivity contribution is -0.869. The van der Waals surface area contributed by atoms with Crippen molar-refractivity contribution in [1.29, 1.82) is 0 Å². The Bertz CT molecular complexity index is 259. The number of carbonyl (C=O) groups excluding carboxylic acids is 1. The molecule has 84 valence electrons. The summed E-state index contributed by atoms with van der Waals surface area (Å²) in [6, 6.07) is 0. The number of nitrogens with two attached hydrogens (primary N) is 1. The van der Waals surface area contributed by atoms with Crippen LogP contribution in [0.3, 0.4) is 0 Å². The highest BCUT2D eigenvalue weighted by Crippen LogP contribution is 1.74. The summed E-state index contributed by atoms with van der Waals surface area (Å²) >= 11 is 0. The van der Waals surface area contributed by atoms with Gasteiger partial charge >= 0.3 is 5.97 Å². The maximum Gasteiger partial charge on any atom is 0.389 e. The zero-order valence-electron chi connectivity index (χ0n) is 7.93. The van der Waals surface area contributed by atoms with Gasteiger partial charge in [0.2, 0.25) is 10.4 Å². The van der Waals surface area contributed by atoms with Crippen LogP contribution in [0.4, 0.5) is 0 Å². The van der Waals surface area contributed by atoms with Gasteiger partial charge in [-0.3, -0.25) is 9.02 Å². The van der Waals surface area contributed by atoms with Crippen LogP contribution >= 0.6 is 0 Å². The summed E-state index contributed by atoms with van der Waals surface area (Å²) < 4.78 is 31.0. The lowest BCUT2D eigenvalue weighted by atomic mass is 10.7. The maximum absolute atomic E-state index is 10.2. The molecule has 0 saturated heterocycles. The molecule has 0 aromatic carbocycles. The van der Waals surface area contributed by atoms with E-state index in [2.05, 4.69) is 15.6 Å². The van der Waals surface area contributed by atoms with Crippen LogP contribution in [0, 0.1) is 0 Å². The molecule has 0 heterocycles. The van der Waals surface area contributed by atoms with E-state index in [1.807, 2.05) is 6.92 Å².